The molecule has 0 radical (unpaired) electrons. The molecular formula is C21H36FN3O4S. The summed E-state index contributed by atoms with van der Waals surface area (Å²) in [4.78, 5) is 2.23. The Morgan fingerprint density at radius 2 is 1.93 bits per heavy atom. The van der Waals surface area contributed by atoms with E-state index in [-0.39, 0.29) is 18.0 Å². The third kappa shape index (κ3) is 11.0. The number of hydrogen-bond acceptors (Lipinski definition) is 5. The number of nitrogen functional groups attached to an aromatic ring is 1. The minimum absolute atomic E-state index is 0.109. The lowest BCUT2D eigenvalue weighted by Gasteiger charge is -2.32. The number of benzene rings is 1. The average molecular weight is 446 g/mol. The monoisotopic (exact) mass is 445 g/mol. The fourth-order valence-corrected chi connectivity index (χ4v) is 3.90. The summed E-state index contributed by atoms with van der Waals surface area (Å²) < 4.78 is 50.3. The van der Waals surface area contributed by atoms with E-state index < -0.39 is 10.3 Å². The van der Waals surface area contributed by atoms with Crippen LogP contribution in [0.1, 0.15) is 38.5 Å². The van der Waals surface area contributed by atoms with Gasteiger partial charge in [0.05, 0.1) is 6.10 Å². The molecule has 0 bridgehead atoms. The van der Waals surface area contributed by atoms with Gasteiger partial charge in [0.15, 0.2) is 0 Å². The minimum Gasteiger partial charge on any atom is -0.399 e. The zero-order valence-corrected chi connectivity index (χ0v) is 18.9. The number of nitrogens with two attached hydrogens (primary N) is 1. The van der Waals surface area contributed by atoms with Gasteiger partial charge >= 0.3 is 10.3 Å². The Morgan fingerprint density at radius 1 is 1.27 bits per heavy atom. The second-order valence-electron chi connectivity index (χ2n) is 7.61. The number of anilines is 1. The number of hydrogen-bond donors (Lipinski definition) is 2. The molecular weight excluding hydrogens is 409 g/mol. The predicted molar refractivity (Wildman–Crippen MR) is 119 cm³/mol. The first-order chi connectivity index (χ1) is 14.1. The summed E-state index contributed by atoms with van der Waals surface area (Å²) in [5.74, 6) is -0.287. The molecule has 0 amide bonds. The number of nitrogens with zero attached hydrogens (tertiary/aromatic N) is 2. The topological polar surface area (TPSA) is 96.1 Å². The molecule has 9 heteroatoms. The zero-order chi connectivity index (χ0) is 22.6. The fraction of sp³-hybridized carbons (Fsp3) is 0.619. The van der Waals surface area contributed by atoms with E-state index in [1.807, 2.05) is 6.08 Å². The van der Waals surface area contributed by atoms with Crippen molar-refractivity contribution in [1.29, 1.82) is 0 Å². The molecule has 1 fully saturated rings. The van der Waals surface area contributed by atoms with E-state index in [0.29, 0.717) is 5.69 Å². The first-order valence-electron chi connectivity index (χ1n) is 10.3. The highest BCUT2D eigenvalue weighted by Gasteiger charge is 2.29. The van der Waals surface area contributed by atoms with Gasteiger partial charge in [0.25, 0.3) is 0 Å². The van der Waals surface area contributed by atoms with Gasteiger partial charge < -0.3 is 15.4 Å². The van der Waals surface area contributed by atoms with Crippen molar-refractivity contribution in [2.75, 3.05) is 39.5 Å². The van der Waals surface area contributed by atoms with E-state index in [1.54, 1.807) is 12.1 Å². The molecule has 1 aromatic rings. The molecule has 0 aromatic heterocycles. The molecule has 7 nitrogen and oxygen atoms in total. The van der Waals surface area contributed by atoms with Crippen molar-refractivity contribution in [3.63, 3.8) is 0 Å². The summed E-state index contributed by atoms with van der Waals surface area (Å²) in [5, 5.41) is 0. The molecule has 30 heavy (non-hydrogen) atoms. The second kappa shape index (κ2) is 13.7. The Morgan fingerprint density at radius 3 is 2.43 bits per heavy atom. The molecule has 1 aliphatic rings. The van der Waals surface area contributed by atoms with Crippen LogP contribution in [-0.2, 0) is 15.0 Å². The number of halogens is 1. The highest BCUT2D eigenvalue weighted by atomic mass is 32.2. The number of rotatable bonds is 10. The lowest BCUT2D eigenvalue weighted by atomic mass is 9.93. The van der Waals surface area contributed by atoms with Crippen molar-refractivity contribution < 1.29 is 22.1 Å². The van der Waals surface area contributed by atoms with Gasteiger partial charge in [-0.05, 0) is 70.3 Å². The summed E-state index contributed by atoms with van der Waals surface area (Å²) in [5.41, 5.74) is 5.68. The van der Waals surface area contributed by atoms with Crippen LogP contribution in [0.25, 0.3) is 0 Å². The maximum atomic E-state index is 12.1. The molecule has 172 valence electrons. The Bertz CT molecular complexity index is 707. The fourth-order valence-electron chi connectivity index (χ4n) is 3.32. The quantitative estimate of drug-likeness (QED) is 0.248. The molecule has 0 unspecified atom stereocenters. The van der Waals surface area contributed by atoms with E-state index in [9.17, 15) is 12.8 Å². The standard InChI is InChI=1S/C15H30N2O4S.C6H6FN/c1-4-11-16(2)12-5-6-13-21-15-9-7-14(8-10-15)17(3)22(18,19)20;7-5-2-1-3-6(8)4-5/h4,14-15H,1,5-13H2,2-3H3,(H,18,19,20);1-4H,8H2/t14-,15-;. The Balaban J connectivity index is 0.000000467. The highest BCUT2D eigenvalue weighted by Crippen LogP contribution is 2.25. The third-order valence-electron chi connectivity index (χ3n) is 5.10. The van der Waals surface area contributed by atoms with Gasteiger partial charge in [-0.2, -0.15) is 12.7 Å². The lowest BCUT2D eigenvalue weighted by molar-refractivity contribution is 0.0147. The van der Waals surface area contributed by atoms with Gasteiger partial charge in [-0.3, -0.25) is 4.55 Å². The number of likely N-dealkylation sites (N-methyl/N-ethyl adjacent to an activating group) is 1. The minimum atomic E-state index is -4.08. The molecule has 0 spiro atoms. The molecule has 0 saturated heterocycles. The van der Waals surface area contributed by atoms with Gasteiger partial charge in [-0.1, -0.05) is 12.1 Å². The normalized spacial score (nSPS) is 19.4. The van der Waals surface area contributed by atoms with Crippen molar-refractivity contribution in [2.24, 2.45) is 0 Å². The summed E-state index contributed by atoms with van der Waals surface area (Å²) in [7, 11) is -0.566. The zero-order valence-electron chi connectivity index (χ0n) is 18.0. The Kier molecular flexibility index (Phi) is 12.1. The summed E-state index contributed by atoms with van der Waals surface area (Å²) >= 11 is 0. The molecule has 1 saturated carbocycles. The SMILES string of the molecule is C=CCN(C)CCCCO[C@H]1CC[C@H](N(C)S(=O)(=O)O)CC1.Nc1cccc(F)c1. The largest absolute Gasteiger partial charge is 0.399 e. The number of ether oxygens (including phenoxy) is 1. The van der Waals surface area contributed by atoms with Crippen LogP contribution in [-0.4, -0.2) is 68.1 Å². The van der Waals surface area contributed by atoms with Crippen molar-refractivity contribution >= 4 is 16.0 Å². The lowest BCUT2D eigenvalue weighted by Crippen LogP contribution is -2.40. The van der Waals surface area contributed by atoms with Crippen LogP contribution in [0, 0.1) is 5.82 Å². The van der Waals surface area contributed by atoms with E-state index in [4.69, 9.17) is 15.0 Å². The molecule has 0 aliphatic heterocycles. The van der Waals surface area contributed by atoms with Crippen molar-refractivity contribution in [3.8, 4) is 0 Å². The van der Waals surface area contributed by atoms with Gasteiger partial charge in [0.2, 0.25) is 0 Å². The third-order valence-corrected chi connectivity index (χ3v) is 6.13. The molecule has 0 heterocycles. The molecule has 1 aliphatic carbocycles. The second-order valence-corrected chi connectivity index (χ2v) is 9.08. The Labute approximate surface area is 180 Å². The Hall–Kier alpha value is -1.52. The molecule has 1 aromatic carbocycles. The highest BCUT2D eigenvalue weighted by molar-refractivity contribution is 7.83. The van der Waals surface area contributed by atoms with Crippen LogP contribution in [0.2, 0.25) is 0 Å². The smallest absolute Gasteiger partial charge is 0.335 e. The van der Waals surface area contributed by atoms with Gasteiger partial charge in [0.1, 0.15) is 5.82 Å². The maximum absolute atomic E-state index is 12.1. The molecule has 2 rings (SSSR count). The first-order valence-corrected chi connectivity index (χ1v) is 11.7. The van der Waals surface area contributed by atoms with Crippen molar-refractivity contribution in [3.05, 3.63) is 42.7 Å². The summed E-state index contributed by atoms with van der Waals surface area (Å²) in [6, 6.07) is 5.74. The van der Waals surface area contributed by atoms with Crippen LogP contribution in [0.4, 0.5) is 10.1 Å². The summed E-state index contributed by atoms with van der Waals surface area (Å²) in [6.45, 7) is 6.42. The average Bonchev–Trinajstić information content (AvgIpc) is 2.67. The van der Waals surface area contributed by atoms with Gasteiger partial charge in [-0.25, -0.2) is 4.39 Å². The van der Waals surface area contributed by atoms with Crippen LogP contribution in [0.15, 0.2) is 36.9 Å². The van der Waals surface area contributed by atoms with Crippen LogP contribution in [0.5, 0.6) is 0 Å². The maximum Gasteiger partial charge on any atom is 0.335 e. The predicted octanol–water partition coefficient (Wildman–Crippen LogP) is 3.35. The summed E-state index contributed by atoms with van der Waals surface area (Å²) in [6.07, 6.45) is 7.43. The number of unbranched alkanes of at least 4 members (excludes halogenated alkanes) is 1. The van der Waals surface area contributed by atoms with Gasteiger partial charge in [-0.15, -0.1) is 6.58 Å². The van der Waals surface area contributed by atoms with E-state index in [1.165, 1.54) is 19.2 Å². The van der Waals surface area contributed by atoms with E-state index in [0.717, 1.165) is 62.5 Å². The van der Waals surface area contributed by atoms with Crippen molar-refractivity contribution in [2.45, 2.75) is 50.7 Å². The van der Waals surface area contributed by atoms with Gasteiger partial charge in [0, 0.05) is 31.9 Å². The van der Waals surface area contributed by atoms with Crippen LogP contribution >= 0.6 is 0 Å². The van der Waals surface area contributed by atoms with Crippen LogP contribution in [0.3, 0.4) is 0 Å². The van der Waals surface area contributed by atoms with Crippen LogP contribution < -0.4 is 5.73 Å². The van der Waals surface area contributed by atoms with Crippen molar-refractivity contribution in [1.82, 2.24) is 9.21 Å². The first kappa shape index (κ1) is 26.5. The van der Waals surface area contributed by atoms with E-state index in [2.05, 4.69) is 18.5 Å². The molecule has 0 atom stereocenters. The molecule has 3 N–H and O–H groups in total. The van der Waals surface area contributed by atoms with E-state index >= 15 is 0 Å².